The number of aliphatic imine (C=N–C) groups is 1. The Bertz CT molecular complexity index is 792. The molecule has 2 aliphatic heterocycles. The molecule has 1 saturated heterocycles. The molecule has 0 aliphatic carbocycles. The Kier molecular flexibility index (Phi) is 7.06. The predicted molar refractivity (Wildman–Crippen MR) is 119 cm³/mol. The van der Waals surface area contributed by atoms with Gasteiger partial charge in [0.15, 0.2) is 11.6 Å². The highest BCUT2D eigenvalue weighted by atomic mass is 127. The van der Waals surface area contributed by atoms with E-state index in [1.807, 2.05) is 28.8 Å². The van der Waals surface area contributed by atoms with Crippen LogP contribution in [-0.2, 0) is 6.42 Å². The molecule has 7 nitrogen and oxygen atoms in total. The van der Waals surface area contributed by atoms with Gasteiger partial charge >= 0.3 is 0 Å². The summed E-state index contributed by atoms with van der Waals surface area (Å²) < 4.78 is 2.04. The first-order valence-electron chi connectivity index (χ1n) is 9.56. The average Bonchev–Trinajstić information content (AvgIpc) is 3.41. The van der Waals surface area contributed by atoms with E-state index in [-0.39, 0.29) is 24.0 Å². The molecule has 27 heavy (non-hydrogen) atoms. The lowest BCUT2D eigenvalue weighted by molar-refractivity contribution is 0.259. The fourth-order valence-electron chi connectivity index (χ4n) is 3.77. The number of rotatable bonds is 5. The lowest BCUT2D eigenvalue weighted by Crippen LogP contribution is -2.43. The van der Waals surface area contributed by atoms with Crippen molar-refractivity contribution < 1.29 is 0 Å². The average molecular weight is 481 g/mol. The first-order chi connectivity index (χ1) is 12.8. The Labute approximate surface area is 177 Å². The van der Waals surface area contributed by atoms with Crippen molar-refractivity contribution in [2.24, 2.45) is 4.99 Å². The summed E-state index contributed by atoms with van der Waals surface area (Å²) in [5.41, 5.74) is 0.889. The quantitative estimate of drug-likeness (QED) is 0.306. The van der Waals surface area contributed by atoms with Crippen LogP contribution in [-0.4, -0.2) is 75.7 Å². The Morgan fingerprint density at radius 2 is 2.11 bits per heavy atom. The molecule has 146 valence electrons. The Morgan fingerprint density at radius 1 is 1.26 bits per heavy atom. The molecule has 1 fully saturated rings. The van der Waals surface area contributed by atoms with Crippen molar-refractivity contribution in [1.82, 2.24) is 29.7 Å². The van der Waals surface area contributed by atoms with Gasteiger partial charge in [-0.2, -0.15) is 0 Å². The molecule has 4 heterocycles. The summed E-state index contributed by atoms with van der Waals surface area (Å²) in [5.74, 6) is 1.98. The monoisotopic (exact) mass is 481 g/mol. The number of hydrogen-bond donors (Lipinski definition) is 1. The van der Waals surface area contributed by atoms with Crippen molar-refractivity contribution in [3.05, 3.63) is 42.4 Å². The molecule has 0 saturated carbocycles. The Balaban J connectivity index is 0.00000210. The van der Waals surface area contributed by atoms with Crippen LogP contribution in [0.1, 0.15) is 19.2 Å². The molecule has 0 spiro atoms. The molecular formula is C19H28IN7. The Hall–Kier alpha value is -1.68. The minimum absolute atomic E-state index is 0. The van der Waals surface area contributed by atoms with Crippen molar-refractivity contribution in [1.29, 1.82) is 0 Å². The number of guanidine groups is 1. The van der Waals surface area contributed by atoms with Crippen LogP contribution in [0.25, 0.3) is 5.65 Å². The van der Waals surface area contributed by atoms with Gasteiger partial charge in [-0.25, -0.2) is 0 Å². The maximum absolute atomic E-state index is 4.85. The van der Waals surface area contributed by atoms with E-state index in [0.717, 1.165) is 56.6 Å². The maximum atomic E-state index is 4.85. The standard InChI is InChI=1S/C19H27N7.HI/c1-2-20-19(25-14-9-16(15-25)24-11-5-6-12-24)21-10-8-18-23-22-17-7-3-4-13-26(17)18;/h3-7,13,16H,2,8-12,14-15H2,1H3,(H,20,21);1H. The van der Waals surface area contributed by atoms with Crippen LogP contribution in [0.15, 0.2) is 41.5 Å². The fourth-order valence-corrected chi connectivity index (χ4v) is 3.77. The van der Waals surface area contributed by atoms with Crippen LogP contribution in [0, 0.1) is 0 Å². The summed E-state index contributed by atoms with van der Waals surface area (Å²) in [4.78, 5) is 9.80. The van der Waals surface area contributed by atoms with E-state index in [1.165, 1.54) is 6.42 Å². The lowest BCUT2D eigenvalue weighted by atomic mass is 10.2. The van der Waals surface area contributed by atoms with E-state index < -0.39 is 0 Å². The summed E-state index contributed by atoms with van der Waals surface area (Å²) in [6, 6.07) is 6.59. The number of hydrogen-bond acceptors (Lipinski definition) is 4. The SMILES string of the molecule is CCNC(=NCCc1nnc2ccccn12)N1CCC(N2CC=CC2)C1.I. The van der Waals surface area contributed by atoms with Gasteiger partial charge in [0.2, 0.25) is 0 Å². The number of likely N-dealkylation sites (tertiary alicyclic amines) is 1. The highest BCUT2D eigenvalue weighted by Gasteiger charge is 2.29. The van der Waals surface area contributed by atoms with E-state index in [1.54, 1.807) is 0 Å². The second-order valence-electron chi connectivity index (χ2n) is 6.84. The van der Waals surface area contributed by atoms with Gasteiger partial charge in [-0.1, -0.05) is 18.2 Å². The van der Waals surface area contributed by atoms with Crippen molar-refractivity contribution in [2.45, 2.75) is 25.8 Å². The summed E-state index contributed by atoms with van der Waals surface area (Å²) in [6.45, 7) is 8.03. The van der Waals surface area contributed by atoms with Crippen molar-refractivity contribution in [3.63, 3.8) is 0 Å². The van der Waals surface area contributed by atoms with Crippen LogP contribution in [0.3, 0.4) is 0 Å². The largest absolute Gasteiger partial charge is 0.357 e. The van der Waals surface area contributed by atoms with E-state index in [2.05, 4.69) is 44.4 Å². The topological polar surface area (TPSA) is 61.1 Å². The fraction of sp³-hybridized carbons (Fsp3) is 0.526. The van der Waals surface area contributed by atoms with Gasteiger partial charge in [0.05, 0.1) is 0 Å². The highest BCUT2D eigenvalue weighted by Crippen LogP contribution is 2.18. The van der Waals surface area contributed by atoms with E-state index in [4.69, 9.17) is 4.99 Å². The van der Waals surface area contributed by atoms with Gasteiger partial charge < -0.3 is 10.2 Å². The van der Waals surface area contributed by atoms with E-state index in [0.29, 0.717) is 12.6 Å². The minimum atomic E-state index is 0. The normalized spacial score (nSPS) is 20.4. The number of pyridine rings is 1. The van der Waals surface area contributed by atoms with E-state index in [9.17, 15) is 0 Å². The van der Waals surface area contributed by atoms with Crippen LogP contribution >= 0.6 is 24.0 Å². The van der Waals surface area contributed by atoms with E-state index >= 15 is 0 Å². The molecular weight excluding hydrogens is 453 g/mol. The molecule has 2 aliphatic rings. The summed E-state index contributed by atoms with van der Waals surface area (Å²) >= 11 is 0. The number of aromatic nitrogens is 3. The van der Waals surface area contributed by atoms with Crippen LogP contribution in [0.4, 0.5) is 0 Å². The third-order valence-electron chi connectivity index (χ3n) is 5.14. The van der Waals surface area contributed by atoms with Crippen molar-refractivity contribution >= 4 is 35.6 Å². The minimum Gasteiger partial charge on any atom is -0.357 e. The summed E-state index contributed by atoms with van der Waals surface area (Å²) in [6.07, 6.45) is 8.54. The van der Waals surface area contributed by atoms with Gasteiger partial charge in [-0.05, 0) is 25.5 Å². The summed E-state index contributed by atoms with van der Waals surface area (Å²) in [7, 11) is 0. The molecule has 1 unspecified atom stereocenters. The molecule has 1 atom stereocenters. The number of fused-ring (bicyclic) bond motifs is 1. The maximum Gasteiger partial charge on any atom is 0.193 e. The highest BCUT2D eigenvalue weighted by molar-refractivity contribution is 14.0. The zero-order valence-corrected chi connectivity index (χ0v) is 18.1. The lowest BCUT2D eigenvalue weighted by Gasteiger charge is -2.25. The molecule has 4 rings (SSSR count). The first kappa shape index (κ1) is 20.1. The number of halogens is 1. The molecule has 8 heteroatoms. The molecule has 2 aromatic heterocycles. The van der Waals surface area contributed by atoms with Crippen LogP contribution in [0.5, 0.6) is 0 Å². The van der Waals surface area contributed by atoms with Crippen LogP contribution < -0.4 is 5.32 Å². The third-order valence-corrected chi connectivity index (χ3v) is 5.14. The second kappa shape index (κ2) is 9.50. The van der Waals surface area contributed by atoms with Crippen molar-refractivity contribution in [2.75, 3.05) is 39.3 Å². The van der Waals surface area contributed by atoms with Crippen molar-refractivity contribution in [3.8, 4) is 0 Å². The predicted octanol–water partition coefficient (Wildman–Crippen LogP) is 1.80. The number of nitrogens with one attached hydrogen (secondary N) is 1. The van der Waals surface area contributed by atoms with Gasteiger partial charge in [0, 0.05) is 57.9 Å². The molecule has 0 aromatic carbocycles. The van der Waals surface area contributed by atoms with Crippen LogP contribution in [0.2, 0.25) is 0 Å². The van der Waals surface area contributed by atoms with Gasteiger partial charge in [-0.15, -0.1) is 34.2 Å². The molecule has 0 bridgehead atoms. The molecule has 1 N–H and O–H groups in total. The molecule has 0 radical (unpaired) electrons. The zero-order chi connectivity index (χ0) is 17.8. The zero-order valence-electron chi connectivity index (χ0n) is 15.8. The summed E-state index contributed by atoms with van der Waals surface area (Å²) in [5, 5.41) is 12.0. The first-order valence-corrected chi connectivity index (χ1v) is 9.56. The molecule has 0 amide bonds. The molecule has 2 aromatic rings. The number of nitrogens with zero attached hydrogens (tertiary/aromatic N) is 6. The van der Waals surface area contributed by atoms with Gasteiger partial charge in [0.1, 0.15) is 5.82 Å². The second-order valence-corrected chi connectivity index (χ2v) is 6.84. The van der Waals surface area contributed by atoms with Gasteiger partial charge in [0.25, 0.3) is 0 Å². The third kappa shape index (κ3) is 4.60. The van der Waals surface area contributed by atoms with Gasteiger partial charge in [-0.3, -0.25) is 14.3 Å². The Morgan fingerprint density at radius 3 is 2.93 bits per heavy atom. The smallest absolute Gasteiger partial charge is 0.193 e.